The maximum absolute atomic E-state index is 13.1. The molecule has 1 fully saturated rings. The molecule has 1 amide bonds. The van der Waals surface area contributed by atoms with Crippen molar-refractivity contribution in [1.82, 2.24) is 4.90 Å². The van der Waals surface area contributed by atoms with Crippen molar-refractivity contribution >= 4 is 5.91 Å². The minimum absolute atomic E-state index is 0.0207. The highest BCUT2D eigenvalue weighted by molar-refractivity contribution is 5.94. The molecule has 0 spiro atoms. The van der Waals surface area contributed by atoms with E-state index in [1.165, 1.54) is 5.56 Å². The third-order valence-electron chi connectivity index (χ3n) is 3.71. The minimum atomic E-state index is -0.743. The molecule has 0 saturated carbocycles. The van der Waals surface area contributed by atoms with Crippen LogP contribution in [0.15, 0.2) is 24.3 Å². The van der Waals surface area contributed by atoms with Crippen LogP contribution < -0.4 is 0 Å². The molecule has 2 nitrogen and oxygen atoms in total. The summed E-state index contributed by atoms with van der Waals surface area (Å²) in [5.41, 5.74) is 2.01. The van der Waals surface area contributed by atoms with E-state index in [9.17, 15) is 9.18 Å². The van der Waals surface area contributed by atoms with Crippen LogP contribution in [0.4, 0.5) is 4.39 Å². The number of amides is 1. The van der Waals surface area contributed by atoms with E-state index in [2.05, 4.69) is 20.8 Å². The lowest BCUT2D eigenvalue weighted by molar-refractivity contribution is 0.0667. The second-order valence-corrected chi connectivity index (χ2v) is 6.29. The number of carbonyl (C=O) groups is 1. The first-order chi connectivity index (χ1) is 8.88. The summed E-state index contributed by atoms with van der Waals surface area (Å²) in [4.78, 5) is 14.0. The lowest BCUT2D eigenvalue weighted by atomic mass is 9.86. The molecular formula is C16H22FNO. The smallest absolute Gasteiger partial charge is 0.253 e. The van der Waals surface area contributed by atoms with Gasteiger partial charge < -0.3 is 4.90 Å². The summed E-state index contributed by atoms with van der Waals surface area (Å²) in [7, 11) is 0. The van der Waals surface area contributed by atoms with Crippen LogP contribution in [0.25, 0.3) is 0 Å². The van der Waals surface area contributed by atoms with Gasteiger partial charge in [0.25, 0.3) is 5.91 Å². The van der Waals surface area contributed by atoms with Gasteiger partial charge in [-0.3, -0.25) is 4.79 Å². The molecule has 3 heteroatoms. The standard InChI is InChI=1S/C16H22FNO/c1-16(2,3)13-6-4-12(5-7-13)15(19)18-10-8-14(17)9-11-18/h4-7,14H,8-11H2,1-3H3. The molecule has 1 saturated heterocycles. The van der Waals surface area contributed by atoms with Crippen LogP contribution in [-0.4, -0.2) is 30.1 Å². The zero-order chi connectivity index (χ0) is 14.0. The van der Waals surface area contributed by atoms with Gasteiger partial charge >= 0.3 is 0 Å². The third-order valence-corrected chi connectivity index (χ3v) is 3.71. The van der Waals surface area contributed by atoms with Crippen molar-refractivity contribution in [3.63, 3.8) is 0 Å². The maximum Gasteiger partial charge on any atom is 0.253 e. The molecule has 0 N–H and O–H groups in total. The van der Waals surface area contributed by atoms with Crippen molar-refractivity contribution in [2.24, 2.45) is 0 Å². The van der Waals surface area contributed by atoms with Gasteiger partial charge in [-0.15, -0.1) is 0 Å². The van der Waals surface area contributed by atoms with Crippen molar-refractivity contribution in [3.8, 4) is 0 Å². The second kappa shape index (κ2) is 5.32. The Hall–Kier alpha value is -1.38. The normalized spacial score (nSPS) is 17.6. The Morgan fingerprint density at radius 1 is 1.16 bits per heavy atom. The molecule has 0 bridgehead atoms. The molecule has 19 heavy (non-hydrogen) atoms. The van der Waals surface area contributed by atoms with Gasteiger partial charge in [0.2, 0.25) is 0 Å². The van der Waals surface area contributed by atoms with E-state index in [-0.39, 0.29) is 11.3 Å². The van der Waals surface area contributed by atoms with Crippen molar-refractivity contribution < 1.29 is 9.18 Å². The maximum atomic E-state index is 13.1. The second-order valence-electron chi connectivity index (χ2n) is 6.29. The summed E-state index contributed by atoms with van der Waals surface area (Å²) in [6, 6.07) is 7.78. The van der Waals surface area contributed by atoms with E-state index in [4.69, 9.17) is 0 Å². The summed E-state index contributed by atoms with van der Waals surface area (Å²) >= 11 is 0. The highest BCUT2D eigenvalue weighted by atomic mass is 19.1. The summed E-state index contributed by atoms with van der Waals surface area (Å²) in [6.45, 7) is 7.50. The highest BCUT2D eigenvalue weighted by Gasteiger charge is 2.23. The van der Waals surface area contributed by atoms with Gasteiger partial charge in [-0.1, -0.05) is 32.9 Å². The quantitative estimate of drug-likeness (QED) is 0.758. The van der Waals surface area contributed by atoms with Gasteiger partial charge in [-0.25, -0.2) is 4.39 Å². The first kappa shape index (κ1) is 14.0. The number of alkyl halides is 1. The zero-order valence-electron chi connectivity index (χ0n) is 11.9. The lowest BCUT2D eigenvalue weighted by Gasteiger charge is -2.29. The molecular weight excluding hydrogens is 241 g/mol. The van der Waals surface area contributed by atoms with E-state index in [0.29, 0.717) is 31.5 Å². The molecule has 0 radical (unpaired) electrons. The molecule has 1 aliphatic rings. The third kappa shape index (κ3) is 3.34. The van der Waals surface area contributed by atoms with Gasteiger partial charge in [0, 0.05) is 18.7 Å². The predicted octanol–water partition coefficient (Wildman–Crippen LogP) is 3.56. The average molecular weight is 263 g/mol. The van der Waals surface area contributed by atoms with Crippen LogP contribution in [0.1, 0.15) is 49.5 Å². The predicted molar refractivity (Wildman–Crippen MR) is 75.2 cm³/mol. The average Bonchev–Trinajstić information content (AvgIpc) is 2.38. The van der Waals surface area contributed by atoms with Crippen LogP contribution in [-0.2, 0) is 5.41 Å². The Morgan fingerprint density at radius 2 is 1.68 bits per heavy atom. The van der Waals surface area contributed by atoms with E-state index < -0.39 is 6.17 Å². The molecule has 0 unspecified atom stereocenters. The molecule has 1 heterocycles. The van der Waals surface area contributed by atoms with Crippen molar-refractivity contribution in [3.05, 3.63) is 35.4 Å². The van der Waals surface area contributed by atoms with Crippen LogP contribution in [0.3, 0.4) is 0 Å². The SMILES string of the molecule is CC(C)(C)c1ccc(C(=O)N2CCC(F)CC2)cc1. The van der Waals surface area contributed by atoms with E-state index >= 15 is 0 Å². The topological polar surface area (TPSA) is 20.3 Å². The minimum Gasteiger partial charge on any atom is -0.338 e. The summed E-state index contributed by atoms with van der Waals surface area (Å²) in [5.74, 6) is 0.0207. The first-order valence-electron chi connectivity index (χ1n) is 6.92. The van der Waals surface area contributed by atoms with Gasteiger partial charge in [0.05, 0.1) is 0 Å². The fourth-order valence-electron chi connectivity index (χ4n) is 2.35. The van der Waals surface area contributed by atoms with E-state index in [1.54, 1.807) is 4.90 Å². The largest absolute Gasteiger partial charge is 0.338 e. The molecule has 2 rings (SSSR count). The number of rotatable bonds is 1. The zero-order valence-corrected chi connectivity index (χ0v) is 11.9. The Kier molecular flexibility index (Phi) is 3.93. The molecule has 0 aromatic heterocycles. The summed E-state index contributed by atoms with van der Waals surface area (Å²) in [6.07, 6.45) is 0.185. The Balaban J connectivity index is 2.08. The first-order valence-corrected chi connectivity index (χ1v) is 6.92. The lowest BCUT2D eigenvalue weighted by Crippen LogP contribution is -2.39. The number of benzene rings is 1. The molecule has 0 aliphatic carbocycles. The van der Waals surface area contributed by atoms with Crippen LogP contribution in [0.2, 0.25) is 0 Å². The van der Waals surface area contributed by atoms with Crippen LogP contribution >= 0.6 is 0 Å². The molecule has 104 valence electrons. The van der Waals surface area contributed by atoms with Gasteiger partial charge in [0.15, 0.2) is 0 Å². The Bertz CT molecular complexity index is 439. The number of likely N-dealkylation sites (tertiary alicyclic amines) is 1. The molecule has 1 aromatic rings. The number of carbonyl (C=O) groups excluding carboxylic acids is 1. The van der Waals surface area contributed by atoms with Crippen LogP contribution in [0.5, 0.6) is 0 Å². The van der Waals surface area contributed by atoms with Gasteiger partial charge in [0.1, 0.15) is 6.17 Å². The van der Waals surface area contributed by atoms with E-state index in [1.807, 2.05) is 24.3 Å². The number of hydrogen-bond acceptors (Lipinski definition) is 1. The van der Waals surface area contributed by atoms with Crippen LogP contribution in [0, 0.1) is 0 Å². The molecule has 1 aliphatic heterocycles. The summed E-state index contributed by atoms with van der Waals surface area (Å²) in [5, 5.41) is 0. The van der Waals surface area contributed by atoms with Crippen molar-refractivity contribution in [1.29, 1.82) is 0 Å². The van der Waals surface area contributed by atoms with Gasteiger partial charge in [-0.05, 0) is 36.0 Å². The number of piperidine rings is 1. The molecule has 0 atom stereocenters. The van der Waals surface area contributed by atoms with Crippen molar-refractivity contribution in [2.75, 3.05) is 13.1 Å². The number of hydrogen-bond donors (Lipinski definition) is 0. The molecule has 1 aromatic carbocycles. The number of nitrogens with zero attached hydrogens (tertiary/aromatic N) is 1. The van der Waals surface area contributed by atoms with E-state index in [0.717, 1.165) is 0 Å². The fraction of sp³-hybridized carbons (Fsp3) is 0.562. The van der Waals surface area contributed by atoms with Gasteiger partial charge in [-0.2, -0.15) is 0 Å². The Labute approximate surface area is 114 Å². The number of halogens is 1. The van der Waals surface area contributed by atoms with Crippen molar-refractivity contribution in [2.45, 2.75) is 45.2 Å². The fourth-order valence-corrected chi connectivity index (χ4v) is 2.35. The summed E-state index contributed by atoms with van der Waals surface area (Å²) < 4.78 is 13.1. The monoisotopic (exact) mass is 263 g/mol. The Morgan fingerprint density at radius 3 is 2.16 bits per heavy atom. The highest BCUT2D eigenvalue weighted by Crippen LogP contribution is 2.23.